The van der Waals surface area contributed by atoms with Crippen molar-refractivity contribution in [1.82, 2.24) is 0 Å². The smallest absolute Gasteiger partial charge is 0.131 e. The molecule has 3 aromatic carbocycles. The highest BCUT2D eigenvalue weighted by Gasteiger charge is 2.07. The van der Waals surface area contributed by atoms with E-state index in [1.807, 2.05) is 36.4 Å². The van der Waals surface area contributed by atoms with Gasteiger partial charge in [0.25, 0.3) is 0 Å². The molecule has 0 radical (unpaired) electrons. The standard InChI is InChI=1S/C21H16FNS/c1-2-15-3-5-16(6-4-15)18-9-12-20(21(22)13-18)17-7-10-19(11-8-17)23-14-24/h3-13H,2H2,1H3. The lowest BCUT2D eigenvalue weighted by molar-refractivity contribution is 0.632. The molecule has 3 aromatic rings. The average Bonchev–Trinajstić information content (AvgIpc) is 2.63. The van der Waals surface area contributed by atoms with E-state index in [9.17, 15) is 4.39 Å². The molecule has 0 bridgehead atoms. The van der Waals surface area contributed by atoms with Crippen LogP contribution in [0.5, 0.6) is 0 Å². The van der Waals surface area contributed by atoms with Gasteiger partial charge in [-0.3, -0.25) is 0 Å². The number of aryl methyl sites for hydroxylation is 1. The molecule has 0 spiro atoms. The molecule has 0 unspecified atom stereocenters. The van der Waals surface area contributed by atoms with Crippen LogP contribution in [-0.2, 0) is 6.42 Å². The summed E-state index contributed by atoms with van der Waals surface area (Å²) in [6.07, 6.45) is 0.997. The summed E-state index contributed by atoms with van der Waals surface area (Å²) in [5.74, 6) is -0.238. The van der Waals surface area contributed by atoms with Crippen molar-refractivity contribution in [1.29, 1.82) is 0 Å². The van der Waals surface area contributed by atoms with E-state index in [0.29, 0.717) is 11.3 Å². The molecule has 3 rings (SSSR count). The largest absolute Gasteiger partial charge is 0.206 e. The number of aliphatic imine (C=N–C) groups is 1. The Hall–Kier alpha value is -2.61. The van der Waals surface area contributed by atoms with Gasteiger partial charge in [-0.2, -0.15) is 4.99 Å². The lowest BCUT2D eigenvalue weighted by Crippen LogP contribution is -1.87. The summed E-state index contributed by atoms with van der Waals surface area (Å²) in [5, 5.41) is 2.32. The summed E-state index contributed by atoms with van der Waals surface area (Å²) in [5.41, 5.74) is 5.26. The molecule has 118 valence electrons. The van der Waals surface area contributed by atoms with Gasteiger partial charge >= 0.3 is 0 Å². The van der Waals surface area contributed by atoms with Crippen LogP contribution in [0, 0.1) is 5.82 Å². The van der Waals surface area contributed by atoms with E-state index in [1.54, 1.807) is 18.2 Å². The molecule has 0 aliphatic heterocycles. The number of halogens is 1. The lowest BCUT2D eigenvalue weighted by atomic mass is 9.98. The zero-order chi connectivity index (χ0) is 16.9. The molecule has 3 heteroatoms. The third kappa shape index (κ3) is 3.48. The number of thiocarbonyl (C=S) groups is 1. The predicted octanol–water partition coefficient (Wildman–Crippen LogP) is 6.46. The van der Waals surface area contributed by atoms with Gasteiger partial charge in [-0.05, 0) is 59.1 Å². The van der Waals surface area contributed by atoms with E-state index in [1.165, 1.54) is 5.56 Å². The number of nitrogens with zero attached hydrogens (tertiary/aromatic N) is 1. The molecule has 0 atom stereocenters. The average molecular weight is 333 g/mol. The summed E-state index contributed by atoms with van der Waals surface area (Å²) in [7, 11) is 0. The Balaban J connectivity index is 1.92. The maximum absolute atomic E-state index is 14.6. The monoisotopic (exact) mass is 333 g/mol. The first-order chi connectivity index (χ1) is 11.7. The van der Waals surface area contributed by atoms with Crippen molar-refractivity contribution in [3.63, 3.8) is 0 Å². The first-order valence-corrected chi connectivity index (χ1v) is 8.19. The van der Waals surface area contributed by atoms with Gasteiger partial charge in [0, 0.05) is 5.56 Å². The highest BCUT2D eigenvalue weighted by Crippen LogP contribution is 2.29. The maximum Gasteiger partial charge on any atom is 0.131 e. The van der Waals surface area contributed by atoms with Gasteiger partial charge in [0.15, 0.2) is 0 Å². The number of hydrogen-bond acceptors (Lipinski definition) is 2. The molecule has 0 fully saturated rings. The zero-order valence-electron chi connectivity index (χ0n) is 13.3. The van der Waals surface area contributed by atoms with E-state index in [-0.39, 0.29) is 5.82 Å². The van der Waals surface area contributed by atoms with Crippen molar-refractivity contribution < 1.29 is 4.39 Å². The maximum atomic E-state index is 14.6. The molecule has 0 aliphatic rings. The van der Waals surface area contributed by atoms with Crippen LogP contribution in [0.25, 0.3) is 22.3 Å². The third-order valence-electron chi connectivity index (χ3n) is 4.02. The molecular weight excluding hydrogens is 317 g/mol. The van der Waals surface area contributed by atoms with Crippen LogP contribution in [-0.4, -0.2) is 5.16 Å². The van der Waals surface area contributed by atoms with Crippen LogP contribution >= 0.6 is 12.2 Å². The van der Waals surface area contributed by atoms with Crippen LogP contribution < -0.4 is 0 Å². The fourth-order valence-corrected chi connectivity index (χ4v) is 2.74. The fourth-order valence-electron chi connectivity index (χ4n) is 2.63. The molecule has 0 heterocycles. The summed E-state index contributed by atoms with van der Waals surface area (Å²) in [4.78, 5) is 3.90. The number of hydrogen-bond donors (Lipinski definition) is 0. The molecule has 1 nitrogen and oxygen atoms in total. The summed E-state index contributed by atoms with van der Waals surface area (Å²) in [6.45, 7) is 2.12. The van der Waals surface area contributed by atoms with E-state index < -0.39 is 0 Å². The lowest BCUT2D eigenvalue weighted by Gasteiger charge is -2.08. The van der Waals surface area contributed by atoms with Gasteiger partial charge in [-0.15, -0.1) is 0 Å². The van der Waals surface area contributed by atoms with Gasteiger partial charge in [0.05, 0.1) is 10.8 Å². The van der Waals surface area contributed by atoms with Crippen molar-refractivity contribution in [2.45, 2.75) is 13.3 Å². The number of isothiocyanates is 1. The topological polar surface area (TPSA) is 12.4 Å². The zero-order valence-corrected chi connectivity index (χ0v) is 14.1. The second-order valence-corrected chi connectivity index (χ2v) is 5.68. The fraction of sp³-hybridized carbons (Fsp3) is 0.0952. The van der Waals surface area contributed by atoms with Crippen molar-refractivity contribution in [3.8, 4) is 22.3 Å². The number of benzene rings is 3. The number of rotatable bonds is 4. The molecule has 0 saturated carbocycles. The van der Waals surface area contributed by atoms with Gasteiger partial charge < -0.3 is 0 Å². The third-order valence-corrected chi connectivity index (χ3v) is 4.11. The van der Waals surface area contributed by atoms with Gasteiger partial charge in [0.2, 0.25) is 0 Å². The summed E-state index contributed by atoms with van der Waals surface area (Å²) < 4.78 is 14.6. The highest BCUT2D eigenvalue weighted by atomic mass is 32.1. The molecule has 0 aromatic heterocycles. The molecule has 0 N–H and O–H groups in total. The highest BCUT2D eigenvalue weighted by molar-refractivity contribution is 7.78. The van der Waals surface area contributed by atoms with E-state index >= 15 is 0 Å². The van der Waals surface area contributed by atoms with E-state index in [0.717, 1.165) is 23.1 Å². The minimum Gasteiger partial charge on any atom is -0.206 e. The second kappa shape index (κ2) is 7.31. The Labute approximate surface area is 146 Å². The molecular formula is C21H16FNS. The van der Waals surface area contributed by atoms with Crippen LogP contribution in [0.3, 0.4) is 0 Å². The molecule has 0 amide bonds. The van der Waals surface area contributed by atoms with Crippen LogP contribution in [0.15, 0.2) is 71.7 Å². The molecule has 0 aliphatic carbocycles. The Kier molecular flexibility index (Phi) is 4.95. The summed E-state index contributed by atoms with van der Waals surface area (Å²) in [6, 6.07) is 20.8. The Morgan fingerprint density at radius 3 is 2.08 bits per heavy atom. The molecule has 0 saturated heterocycles. The minimum atomic E-state index is -0.238. The second-order valence-electron chi connectivity index (χ2n) is 5.50. The van der Waals surface area contributed by atoms with Gasteiger partial charge in [-0.25, -0.2) is 4.39 Å². The van der Waals surface area contributed by atoms with Crippen molar-refractivity contribution >= 4 is 23.1 Å². The van der Waals surface area contributed by atoms with E-state index in [4.69, 9.17) is 0 Å². The predicted molar refractivity (Wildman–Crippen MR) is 101 cm³/mol. The van der Waals surface area contributed by atoms with Crippen molar-refractivity contribution in [2.24, 2.45) is 4.99 Å². The van der Waals surface area contributed by atoms with Crippen LogP contribution in [0.2, 0.25) is 0 Å². The van der Waals surface area contributed by atoms with Gasteiger partial charge in [0.1, 0.15) is 5.82 Å². The van der Waals surface area contributed by atoms with E-state index in [2.05, 4.69) is 41.4 Å². The normalized spacial score (nSPS) is 10.2. The summed E-state index contributed by atoms with van der Waals surface area (Å²) >= 11 is 4.58. The Morgan fingerprint density at radius 2 is 1.50 bits per heavy atom. The first-order valence-electron chi connectivity index (χ1n) is 7.78. The Morgan fingerprint density at radius 1 is 0.875 bits per heavy atom. The Bertz CT molecular complexity index is 892. The SMILES string of the molecule is CCc1ccc(-c2ccc(-c3ccc(N=C=S)cc3)c(F)c2)cc1. The van der Waals surface area contributed by atoms with Crippen molar-refractivity contribution in [3.05, 3.63) is 78.1 Å². The molecule has 24 heavy (non-hydrogen) atoms. The van der Waals surface area contributed by atoms with Crippen LogP contribution in [0.4, 0.5) is 10.1 Å². The van der Waals surface area contributed by atoms with Crippen LogP contribution in [0.1, 0.15) is 12.5 Å². The van der Waals surface area contributed by atoms with Crippen molar-refractivity contribution in [2.75, 3.05) is 0 Å². The minimum absolute atomic E-state index is 0.238. The van der Waals surface area contributed by atoms with Gasteiger partial charge in [-0.1, -0.05) is 55.5 Å². The quantitative estimate of drug-likeness (QED) is 0.394. The first kappa shape index (κ1) is 16.3.